The minimum Gasteiger partial charge on any atom is -0.392 e. The predicted molar refractivity (Wildman–Crippen MR) is 79.6 cm³/mol. The van der Waals surface area contributed by atoms with E-state index in [4.69, 9.17) is 23.2 Å². The lowest BCUT2D eigenvalue weighted by Crippen LogP contribution is -2.14. The van der Waals surface area contributed by atoms with Crippen LogP contribution in [0.15, 0.2) is 41.3 Å². The largest absolute Gasteiger partial charge is 0.392 e. The Morgan fingerprint density at radius 2 is 1.71 bits per heavy atom. The van der Waals surface area contributed by atoms with Gasteiger partial charge in [-0.15, -0.1) is 0 Å². The van der Waals surface area contributed by atoms with E-state index in [0.717, 1.165) is 12.1 Å². The highest BCUT2D eigenvalue weighted by Crippen LogP contribution is 2.32. The van der Waals surface area contributed by atoms with Crippen molar-refractivity contribution in [3.05, 3.63) is 57.8 Å². The minimum absolute atomic E-state index is 0.125. The number of anilines is 1. The third kappa shape index (κ3) is 3.47. The van der Waals surface area contributed by atoms with E-state index in [1.165, 1.54) is 24.3 Å². The molecule has 2 N–H and O–H groups in total. The van der Waals surface area contributed by atoms with Gasteiger partial charge in [-0.2, -0.15) is 0 Å². The lowest BCUT2D eigenvalue weighted by Gasteiger charge is -2.12. The van der Waals surface area contributed by atoms with Gasteiger partial charge in [0.1, 0.15) is 10.7 Å². The van der Waals surface area contributed by atoms with E-state index in [9.17, 15) is 17.9 Å². The summed E-state index contributed by atoms with van der Waals surface area (Å²) in [6.45, 7) is -0.489. The Morgan fingerprint density at radius 3 is 2.29 bits per heavy atom. The SMILES string of the molecule is O=S(=O)(Nc1ccc(F)cc1)c1ccc(Cl)c(CO)c1Cl. The highest BCUT2D eigenvalue weighted by atomic mass is 35.5. The number of aliphatic hydroxyl groups is 1. The molecule has 0 bridgehead atoms. The molecule has 112 valence electrons. The first-order chi connectivity index (χ1) is 9.85. The first kappa shape index (κ1) is 16.0. The van der Waals surface area contributed by atoms with E-state index in [1.807, 2.05) is 0 Å². The summed E-state index contributed by atoms with van der Waals surface area (Å²) in [6.07, 6.45) is 0. The van der Waals surface area contributed by atoms with E-state index in [-0.39, 0.29) is 26.2 Å². The van der Waals surface area contributed by atoms with Gasteiger partial charge in [0.2, 0.25) is 0 Å². The molecular weight excluding hydrogens is 340 g/mol. The second-order valence-electron chi connectivity index (χ2n) is 4.11. The Labute approximate surface area is 131 Å². The number of nitrogens with one attached hydrogen (secondary N) is 1. The number of rotatable bonds is 4. The first-order valence-corrected chi connectivity index (χ1v) is 7.95. The zero-order chi connectivity index (χ0) is 15.6. The van der Waals surface area contributed by atoms with Crippen LogP contribution in [-0.2, 0) is 16.6 Å². The van der Waals surface area contributed by atoms with Crippen LogP contribution >= 0.6 is 23.2 Å². The molecule has 0 aliphatic rings. The summed E-state index contributed by atoms with van der Waals surface area (Å²) in [4.78, 5) is -0.220. The van der Waals surface area contributed by atoms with Gasteiger partial charge in [0.25, 0.3) is 10.0 Å². The Morgan fingerprint density at radius 1 is 1.10 bits per heavy atom. The topological polar surface area (TPSA) is 66.4 Å². The molecule has 0 aromatic heterocycles. The molecule has 0 atom stereocenters. The van der Waals surface area contributed by atoms with Crippen LogP contribution in [0.1, 0.15) is 5.56 Å². The van der Waals surface area contributed by atoms with Crippen LogP contribution in [-0.4, -0.2) is 13.5 Å². The monoisotopic (exact) mass is 349 g/mol. The van der Waals surface area contributed by atoms with Crippen molar-refractivity contribution in [1.29, 1.82) is 0 Å². The summed E-state index contributed by atoms with van der Waals surface area (Å²) in [6, 6.07) is 7.38. The average Bonchev–Trinajstić information content (AvgIpc) is 2.41. The fourth-order valence-corrected chi connectivity index (χ4v) is 3.61. The fraction of sp³-hybridized carbons (Fsp3) is 0.0769. The van der Waals surface area contributed by atoms with Gasteiger partial charge < -0.3 is 5.11 Å². The maximum absolute atomic E-state index is 12.8. The van der Waals surface area contributed by atoms with Gasteiger partial charge >= 0.3 is 0 Å². The smallest absolute Gasteiger partial charge is 0.263 e. The molecule has 2 aromatic rings. The molecule has 2 aromatic carbocycles. The standard InChI is InChI=1S/C13H10Cl2FNO3S/c14-11-5-6-12(13(15)10(11)7-18)21(19,20)17-9-3-1-8(16)2-4-9/h1-6,17-18H,7H2. The van der Waals surface area contributed by atoms with Gasteiger partial charge in [0, 0.05) is 16.3 Å². The van der Waals surface area contributed by atoms with Gasteiger partial charge in [-0.05, 0) is 36.4 Å². The van der Waals surface area contributed by atoms with Crippen LogP contribution in [0.2, 0.25) is 10.0 Å². The molecule has 0 saturated heterocycles. The van der Waals surface area contributed by atoms with E-state index in [2.05, 4.69) is 4.72 Å². The summed E-state index contributed by atoms with van der Waals surface area (Å²) >= 11 is 11.8. The maximum atomic E-state index is 12.8. The average molecular weight is 350 g/mol. The molecule has 0 aliphatic heterocycles. The molecule has 21 heavy (non-hydrogen) atoms. The lowest BCUT2D eigenvalue weighted by atomic mass is 10.2. The molecule has 0 fully saturated rings. The van der Waals surface area contributed by atoms with Crippen LogP contribution < -0.4 is 4.72 Å². The van der Waals surface area contributed by atoms with Crippen molar-refractivity contribution in [2.45, 2.75) is 11.5 Å². The van der Waals surface area contributed by atoms with Crippen molar-refractivity contribution in [1.82, 2.24) is 0 Å². The van der Waals surface area contributed by atoms with Crippen LogP contribution in [0.5, 0.6) is 0 Å². The summed E-state index contributed by atoms with van der Waals surface area (Å²) in [5, 5.41) is 9.20. The molecule has 2 rings (SSSR count). The minimum atomic E-state index is -3.98. The van der Waals surface area contributed by atoms with Crippen molar-refractivity contribution in [2.75, 3.05) is 4.72 Å². The zero-order valence-corrected chi connectivity index (χ0v) is 12.8. The lowest BCUT2D eigenvalue weighted by molar-refractivity contribution is 0.282. The molecular formula is C13H10Cl2FNO3S. The van der Waals surface area contributed by atoms with Crippen molar-refractivity contribution < 1.29 is 17.9 Å². The second kappa shape index (κ2) is 6.19. The van der Waals surface area contributed by atoms with Gasteiger partial charge in [-0.1, -0.05) is 23.2 Å². The third-order valence-corrected chi connectivity index (χ3v) is 5.02. The van der Waals surface area contributed by atoms with Crippen molar-refractivity contribution >= 4 is 38.9 Å². The summed E-state index contributed by atoms with van der Waals surface area (Å²) in [5.41, 5.74) is 0.313. The molecule has 0 amide bonds. The Bertz CT molecular complexity index is 764. The fourth-order valence-electron chi connectivity index (χ4n) is 1.66. The van der Waals surface area contributed by atoms with Crippen LogP contribution in [0, 0.1) is 5.82 Å². The first-order valence-electron chi connectivity index (χ1n) is 5.71. The highest BCUT2D eigenvalue weighted by Gasteiger charge is 2.21. The maximum Gasteiger partial charge on any atom is 0.263 e. The third-order valence-electron chi connectivity index (χ3n) is 2.69. The van der Waals surface area contributed by atoms with Gasteiger partial charge in [-0.3, -0.25) is 4.72 Å². The highest BCUT2D eigenvalue weighted by molar-refractivity contribution is 7.92. The number of hydrogen-bond donors (Lipinski definition) is 2. The summed E-state index contributed by atoms with van der Waals surface area (Å²) < 4.78 is 39.6. The number of hydrogen-bond acceptors (Lipinski definition) is 3. The van der Waals surface area contributed by atoms with Crippen LogP contribution in [0.4, 0.5) is 10.1 Å². The van der Waals surface area contributed by atoms with Crippen molar-refractivity contribution in [2.24, 2.45) is 0 Å². The molecule has 0 spiro atoms. The molecule has 0 unspecified atom stereocenters. The van der Waals surface area contributed by atoms with E-state index in [1.54, 1.807) is 0 Å². The molecule has 0 radical (unpaired) electrons. The predicted octanol–water partition coefficient (Wildman–Crippen LogP) is 3.43. The quantitative estimate of drug-likeness (QED) is 0.888. The molecule has 8 heteroatoms. The summed E-state index contributed by atoms with van der Waals surface area (Å²) in [7, 11) is -3.98. The van der Waals surface area contributed by atoms with Gasteiger partial charge in [-0.25, -0.2) is 12.8 Å². The molecule has 0 saturated carbocycles. The molecule has 0 aliphatic carbocycles. The van der Waals surface area contributed by atoms with E-state index >= 15 is 0 Å². The van der Waals surface area contributed by atoms with Crippen molar-refractivity contribution in [3.8, 4) is 0 Å². The molecule has 4 nitrogen and oxygen atoms in total. The Kier molecular flexibility index (Phi) is 4.73. The summed E-state index contributed by atoms with van der Waals surface area (Å²) in [5.74, 6) is -0.481. The van der Waals surface area contributed by atoms with Crippen LogP contribution in [0.3, 0.4) is 0 Å². The molecule has 0 heterocycles. The number of benzene rings is 2. The van der Waals surface area contributed by atoms with Gasteiger partial charge in [0.05, 0.1) is 11.6 Å². The normalized spacial score (nSPS) is 11.4. The Hall–Kier alpha value is -1.34. The zero-order valence-electron chi connectivity index (χ0n) is 10.5. The Balaban J connectivity index is 2.42. The second-order valence-corrected chi connectivity index (χ2v) is 6.54. The number of aliphatic hydroxyl groups excluding tert-OH is 1. The van der Waals surface area contributed by atoms with Crippen molar-refractivity contribution in [3.63, 3.8) is 0 Å². The number of sulfonamides is 1. The van der Waals surface area contributed by atoms with Gasteiger partial charge in [0.15, 0.2) is 0 Å². The van der Waals surface area contributed by atoms with E-state index in [0.29, 0.717) is 0 Å². The number of halogens is 3. The van der Waals surface area contributed by atoms with Crippen LogP contribution in [0.25, 0.3) is 0 Å². The van der Waals surface area contributed by atoms with E-state index < -0.39 is 22.4 Å².